The molecule has 106 valence electrons. The second-order valence-electron chi connectivity index (χ2n) is 5.83. The molecule has 0 bridgehead atoms. The Kier molecular flexibility index (Phi) is 5.00. The van der Waals surface area contributed by atoms with E-state index in [1.165, 1.54) is 40.7 Å². The zero-order valence-corrected chi connectivity index (χ0v) is 12.8. The molecule has 0 spiro atoms. The number of hydrogen-bond acceptors (Lipinski definition) is 2. The predicted molar refractivity (Wildman–Crippen MR) is 80.9 cm³/mol. The van der Waals surface area contributed by atoms with Crippen molar-refractivity contribution in [2.45, 2.75) is 53.0 Å². The number of nitrogens with one attached hydrogen (secondary N) is 1. The molecule has 0 aromatic heterocycles. The SMILES string of the molecule is Cc1cc(C)c(C)c(CCOCCNC2CC2)c1C. The molecule has 2 nitrogen and oxygen atoms in total. The third kappa shape index (κ3) is 4.05. The molecule has 0 saturated heterocycles. The summed E-state index contributed by atoms with van der Waals surface area (Å²) in [5, 5.41) is 3.47. The van der Waals surface area contributed by atoms with Gasteiger partial charge in [-0.25, -0.2) is 0 Å². The number of rotatable bonds is 7. The minimum Gasteiger partial charge on any atom is -0.380 e. The van der Waals surface area contributed by atoms with Crippen LogP contribution in [0, 0.1) is 27.7 Å². The van der Waals surface area contributed by atoms with E-state index < -0.39 is 0 Å². The Bertz CT molecular complexity index is 409. The van der Waals surface area contributed by atoms with Gasteiger partial charge in [-0.2, -0.15) is 0 Å². The van der Waals surface area contributed by atoms with Crippen LogP contribution in [-0.2, 0) is 11.2 Å². The Morgan fingerprint density at radius 1 is 1.05 bits per heavy atom. The summed E-state index contributed by atoms with van der Waals surface area (Å²) in [6, 6.07) is 3.07. The van der Waals surface area contributed by atoms with E-state index in [0.29, 0.717) is 0 Å². The lowest BCUT2D eigenvalue weighted by molar-refractivity contribution is 0.138. The van der Waals surface area contributed by atoms with Crippen LogP contribution in [0.4, 0.5) is 0 Å². The van der Waals surface area contributed by atoms with Crippen LogP contribution in [0.5, 0.6) is 0 Å². The molecule has 2 rings (SSSR count). The Morgan fingerprint density at radius 2 is 1.68 bits per heavy atom. The van der Waals surface area contributed by atoms with Crippen molar-refractivity contribution in [2.24, 2.45) is 0 Å². The maximum Gasteiger partial charge on any atom is 0.0591 e. The lowest BCUT2D eigenvalue weighted by atomic mass is 9.92. The van der Waals surface area contributed by atoms with Gasteiger partial charge < -0.3 is 10.1 Å². The monoisotopic (exact) mass is 261 g/mol. The lowest BCUT2D eigenvalue weighted by Crippen LogP contribution is -2.22. The standard InChI is InChI=1S/C17H27NO/c1-12-11-13(2)15(4)17(14(12)3)7-9-19-10-8-18-16-5-6-16/h11,16,18H,5-10H2,1-4H3. The minimum atomic E-state index is 0.785. The van der Waals surface area contributed by atoms with Crippen molar-refractivity contribution in [3.8, 4) is 0 Å². The van der Waals surface area contributed by atoms with Crippen molar-refractivity contribution in [3.05, 3.63) is 33.9 Å². The van der Waals surface area contributed by atoms with Gasteiger partial charge in [0.25, 0.3) is 0 Å². The molecular formula is C17H27NO. The van der Waals surface area contributed by atoms with Crippen LogP contribution in [0.2, 0.25) is 0 Å². The molecule has 1 aliphatic carbocycles. The fraction of sp³-hybridized carbons (Fsp3) is 0.647. The van der Waals surface area contributed by atoms with Gasteiger partial charge in [-0.15, -0.1) is 0 Å². The van der Waals surface area contributed by atoms with Gasteiger partial charge in [-0.3, -0.25) is 0 Å². The Hall–Kier alpha value is -0.860. The number of hydrogen-bond donors (Lipinski definition) is 1. The van der Waals surface area contributed by atoms with Crippen LogP contribution in [0.25, 0.3) is 0 Å². The second-order valence-corrected chi connectivity index (χ2v) is 5.83. The van der Waals surface area contributed by atoms with E-state index in [-0.39, 0.29) is 0 Å². The van der Waals surface area contributed by atoms with Crippen LogP contribution >= 0.6 is 0 Å². The third-order valence-corrected chi connectivity index (χ3v) is 4.27. The molecule has 1 fully saturated rings. The van der Waals surface area contributed by atoms with Crippen LogP contribution in [0.1, 0.15) is 40.7 Å². The maximum absolute atomic E-state index is 5.74. The van der Waals surface area contributed by atoms with Gasteiger partial charge in [0.1, 0.15) is 0 Å². The summed E-state index contributed by atoms with van der Waals surface area (Å²) in [6.45, 7) is 11.5. The summed E-state index contributed by atoms with van der Waals surface area (Å²) in [6.07, 6.45) is 3.73. The molecule has 0 unspecified atom stereocenters. The van der Waals surface area contributed by atoms with Gasteiger partial charge in [0, 0.05) is 12.6 Å². The van der Waals surface area contributed by atoms with E-state index in [1.54, 1.807) is 0 Å². The minimum absolute atomic E-state index is 0.785. The molecule has 1 saturated carbocycles. The Labute approximate surface area is 117 Å². The highest BCUT2D eigenvalue weighted by Gasteiger charge is 2.19. The summed E-state index contributed by atoms with van der Waals surface area (Å²) < 4.78 is 5.74. The molecule has 0 radical (unpaired) electrons. The molecule has 1 aromatic carbocycles. The van der Waals surface area contributed by atoms with Crippen molar-refractivity contribution in [1.82, 2.24) is 5.32 Å². The molecule has 0 amide bonds. The molecule has 1 N–H and O–H groups in total. The summed E-state index contributed by atoms with van der Waals surface area (Å²) >= 11 is 0. The normalized spacial score (nSPS) is 14.9. The summed E-state index contributed by atoms with van der Waals surface area (Å²) in [5.74, 6) is 0. The molecule has 0 atom stereocenters. The lowest BCUT2D eigenvalue weighted by Gasteiger charge is -2.15. The molecule has 0 heterocycles. The van der Waals surface area contributed by atoms with Crippen molar-refractivity contribution in [2.75, 3.05) is 19.8 Å². The average molecular weight is 261 g/mol. The number of aryl methyl sites for hydroxylation is 2. The summed E-state index contributed by atoms with van der Waals surface area (Å²) in [4.78, 5) is 0. The topological polar surface area (TPSA) is 21.3 Å². The molecule has 0 aliphatic heterocycles. The predicted octanol–water partition coefficient (Wildman–Crippen LogP) is 3.23. The number of ether oxygens (including phenoxy) is 1. The molecular weight excluding hydrogens is 234 g/mol. The quantitative estimate of drug-likeness (QED) is 0.761. The average Bonchev–Trinajstić information content (AvgIpc) is 3.19. The first-order chi connectivity index (χ1) is 9.09. The molecule has 1 aromatic rings. The fourth-order valence-corrected chi connectivity index (χ4v) is 2.57. The first-order valence-electron chi connectivity index (χ1n) is 7.47. The van der Waals surface area contributed by atoms with E-state index in [4.69, 9.17) is 4.74 Å². The van der Waals surface area contributed by atoms with Gasteiger partial charge in [0.15, 0.2) is 0 Å². The van der Waals surface area contributed by atoms with Crippen molar-refractivity contribution < 1.29 is 4.74 Å². The van der Waals surface area contributed by atoms with Gasteiger partial charge >= 0.3 is 0 Å². The van der Waals surface area contributed by atoms with Crippen molar-refractivity contribution in [1.29, 1.82) is 0 Å². The van der Waals surface area contributed by atoms with E-state index >= 15 is 0 Å². The third-order valence-electron chi connectivity index (χ3n) is 4.27. The fourth-order valence-electron chi connectivity index (χ4n) is 2.57. The van der Waals surface area contributed by atoms with Crippen molar-refractivity contribution >= 4 is 0 Å². The zero-order valence-electron chi connectivity index (χ0n) is 12.8. The van der Waals surface area contributed by atoms with Gasteiger partial charge in [-0.1, -0.05) is 6.07 Å². The van der Waals surface area contributed by atoms with Crippen LogP contribution in [0.15, 0.2) is 6.07 Å². The highest BCUT2D eigenvalue weighted by Crippen LogP contribution is 2.22. The van der Waals surface area contributed by atoms with Crippen molar-refractivity contribution in [3.63, 3.8) is 0 Å². The highest BCUT2D eigenvalue weighted by molar-refractivity contribution is 5.44. The smallest absolute Gasteiger partial charge is 0.0591 e. The summed E-state index contributed by atoms with van der Waals surface area (Å²) in [5.41, 5.74) is 7.14. The molecule has 19 heavy (non-hydrogen) atoms. The zero-order chi connectivity index (χ0) is 13.8. The van der Waals surface area contributed by atoms with E-state index in [9.17, 15) is 0 Å². The van der Waals surface area contributed by atoms with E-state index in [2.05, 4.69) is 39.1 Å². The maximum atomic E-state index is 5.74. The summed E-state index contributed by atoms with van der Waals surface area (Å²) in [7, 11) is 0. The molecule has 1 aliphatic rings. The first kappa shape index (κ1) is 14.5. The number of benzene rings is 1. The largest absolute Gasteiger partial charge is 0.380 e. The van der Waals surface area contributed by atoms with E-state index in [0.717, 1.165) is 32.2 Å². The van der Waals surface area contributed by atoms with Crippen LogP contribution in [-0.4, -0.2) is 25.8 Å². The highest BCUT2D eigenvalue weighted by atomic mass is 16.5. The van der Waals surface area contributed by atoms with Gasteiger partial charge in [0.2, 0.25) is 0 Å². The van der Waals surface area contributed by atoms with Gasteiger partial charge in [0.05, 0.1) is 13.2 Å². The first-order valence-corrected chi connectivity index (χ1v) is 7.47. The Balaban J connectivity index is 1.78. The Morgan fingerprint density at radius 3 is 2.26 bits per heavy atom. The van der Waals surface area contributed by atoms with Crippen LogP contribution < -0.4 is 5.32 Å². The van der Waals surface area contributed by atoms with E-state index in [1.807, 2.05) is 0 Å². The van der Waals surface area contributed by atoms with Gasteiger partial charge in [-0.05, 0) is 74.8 Å². The second kappa shape index (κ2) is 6.53. The molecule has 2 heteroatoms. The van der Waals surface area contributed by atoms with Crippen LogP contribution in [0.3, 0.4) is 0 Å².